The lowest BCUT2D eigenvalue weighted by Crippen LogP contribution is -2.35. The number of fused-ring (bicyclic) bond motifs is 1. The second-order valence-electron chi connectivity index (χ2n) is 5.48. The quantitative estimate of drug-likeness (QED) is 0.934. The molecule has 6 heteroatoms. The molecule has 0 radical (unpaired) electrons. The predicted octanol–water partition coefficient (Wildman–Crippen LogP) is 1.56. The molecule has 1 aliphatic rings. The Morgan fingerprint density at radius 1 is 1.36 bits per heavy atom. The summed E-state index contributed by atoms with van der Waals surface area (Å²) in [5, 5.41) is 7.79. The molecule has 0 bridgehead atoms. The van der Waals surface area contributed by atoms with Gasteiger partial charge in [-0.05, 0) is 33.0 Å². The number of hydrogen-bond donors (Lipinski definition) is 1. The van der Waals surface area contributed by atoms with Crippen molar-refractivity contribution in [2.75, 3.05) is 25.6 Å². The van der Waals surface area contributed by atoms with E-state index in [9.17, 15) is 4.79 Å². The third kappa shape index (κ3) is 2.25. The smallest absolute Gasteiger partial charge is 0.264 e. The third-order valence-corrected chi connectivity index (χ3v) is 4.07. The lowest BCUT2D eigenvalue weighted by Gasteiger charge is -2.26. The van der Waals surface area contributed by atoms with Crippen LogP contribution in [-0.2, 0) is 11.3 Å². The highest BCUT2D eigenvalue weighted by Gasteiger charge is 2.23. The summed E-state index contributed by atoms with van der Waals surface area (Å²) in [5.41, 5.74) is 5.04. The van der Waals surface area contributed by atoms with E-state index in [0.29, 0.717) is 5.75 Å². The summed E-state index contributed by atoms with van der Waals surface area (Å²) in [5.74, 6) is 0.671. The van der Waals surface area contributed by atoms with Gasteiger partial charge in [0.05, 0.1) is 17.1 Å². The number of carbonyl (C=O) groups is 1. The van der Waals surface area contributed by atoms with Gasteiger partial charge >= 0.3 is 0 Å². The summed E-state index contributed by atoms with van der Waals surface area (Å²) in [6.45, 7) is 4.94. The standard InChI is InChI=1S/C16H20N4O2/c1-10-13(8-17-3)11(2)20(18-10)12-5-6-14-15(7-12)22-9-16(21)19(14)4/h5-7,17H,8-9H2,1-4H3. The zero-order valence-corrected chi connectivity index (χ0v) is 13.3. The average Bonchev–Trinajstić information content (AvgIpc) is 2.79. The normalized spacial score (nSPS) is 14.0. The molecule has 0 aliphatic carbocycles. The maximum Gasteiger partial charge on any atom is 0.264 e. The molecule has 6 nitrogen and oxygen atoms in total. The van der Waals surface area contributed by atoms with Crippen LogP contribution in [-0.4, -0.2) is 36.4 Å². The molecule has 1 aromatic carbocycles. The Balaban J connectivity index is 2.04. The Morgan fingerprint density at radius 3 is 2.86 bits per heavy atom. The molecular formula is C16H20N4O2. The topological polar surface area (TPSA) is 59.4 Å². The van der Waals surface area contributed by atoms with Crippen molar-refractivity contribution in [3.63, 3.8) is 0 Å². The maximum atomic E-state index is 11.7. The van der Waals surface area contributed by atoms with E-state index in [1.165, 1.54) is 5.56 Å². The molecule has 1 N–H and O–H groups in total. The van der Waals surface area contributed by atoms with Crippen LogP contribution >= 0.6 is 0 Å². The van der Waals surface area contributed by atoms with Crippen LogP contribution < -0.4 is 15.0 Å². The van der Waals surface area contributed by atoms with Crippen molar-refractivity contribution < 1.29 is 9.53 Å². The maximum absolute atomic E-state index is 11.7. The zero-order chi connectivity index (χ0) is 15.9. The van der Waals surface area contributed by atoms with Crippen molar-refractivity contribution in [3.8, 4) is 11.4 Å². The van der Waals surface area contributed by atoms with Gasteiger partial charge < -0.3 is 15.0 Å². The molecule has 1 amide bonds. The van der Waals surface area contributed by atoms with Crippen LogP contribution in [0.5, 0.6) is 5.75 Å². The van der Waals surface area contributed by atoms with E-state index >= 15 is 0 Å². The summed E-state index contributed by atoms with van der Waals surface area (Å²) in [6, 6.07) is 5.79. The fourth-order valence-electron chi connectivity index (χ4n) is 2.76. The van der Waals surface area contributed by atoms with Crippen molar-refractivity contribution in [2.45, 2.75) is 20.4 Å². The van der Waals surface area contributed by atoms with Gasteiger partial charge in [0, 0.05) is 30.9 Å². The van der Waals surface area contributed by atoms with Gasteiger partial charge in [-0.25, -0.2) is 4.68 Å². The first-order valence-corrected chi connectivity index (χ1v) is 7.26. The zero-order valence-electron chi connectivity index (χ0n) is 13.3. The number of rotatable bonds is 3. The molecule has 0 atom stereocenters. The van der Waals surface area contributed by atoms with Crippen molar-refractivity contribution >= 4 is 11.6 Å². The number of aryl methyl sites for hydroxylation is 1. The van der Waals surface area contributed by atoms with Crippen LogP contribution in [0.4, 0.5) is 5.69 Å². The van der Waals surface area contributed by atoms with Gasteiger partial charge in [-0.15, -0.1) is 0 Å². The molecule has 116 valence electrons. The number of ether oxygens (including phenoxy) is 1. The molecule has 3 rings (SSSR count). The SMILES string of the molecule is CNCc1c(C)nn(-c2ccc3c(c2)OCC(=O)N3C)c1C. The predicted molar refractivity (Wildman–Crippen MR) is 84.7 cm³/mol. The third-order valence-electron chi connectivity index (χ3n) is 4.07. The van der Waals surface area contributed by atoms with E-state index in [2.05, 4.69) is 17.3 Å². The molecule has 0 unspecified atom stereocenters. The number of likely N-dealkylation sites (N-methyl/N-ethyl adjacent to an activating group) is 1. The van der Waals surface area contributed by atoms with E-state index in [4.69, 9.17) is 4.74 Å². The van der Waals surface area contributed by atoms with Gasteiger partial charge in [-0.2, -0.15) is 5.10 Å². The molecule has 0 fully saturated rings. The molecular weight excluding hydrogens is 280 g/mol. The average molecular weight is 300 g/mol. The van der Waals surface area contributed by atoms with Gasteiger partial charge in [-0.1, -0.05) is 0 Å². The number of nitrogens with zero attached hydrogens (tertiary/aromatic N) is 3. The number of amides is 1. The van der Waals surface area contributed by atoms with Crippen LogP contribution in [0.3, 0.4) is 0 Å². The van der Waals surface area contributed by atoms with E-state index in [1.54, 1.807) is 11.9 Å². The molecule has 0 spiro atoms. The molecule has 1 aromatic heterocycles. The van der Waals surface area contributed by atoms with Gasteiger partial charge in [0.15, 0.2) is 6.61 Å². The largest absolute Gasteiger partial charge is 0.481 e. The number of benzene rings is 1. The Morgan fingerprint density at radius 2 is 2.14 bits per heavy atom. The fourth-order valence-corrected chi connectivity index (χ4v) is 2.76. The summed E-state index contributed by atoms with van der Waals surface area (Å²) < 4.78 is 7.47. The van der Waals surface area contributed by atoms with Gasteiger partial charge in [0.25, 0.3) is 5.91 Å². The summed E-state index contributed by atoms with van der Waals surface area (Å²) >= 11 is 0. The van der Waals surface area contributed by atoms with E-state index in [-0.39, 0.29) is 12.5 Å². The van der Waals surface area contributed by atoms with Crippen molar-refractivity contribution in [2.24, 2.45) is 0 Å². The van der Waals surface area contributed by atoms with Gasteiger partial charge in [0.2, 0.25) is 0 Å². The van der Waals surface area contributed by atoms with Crippen LogP contribution in [0.25, 0.3) is 5.69 Å². The summed E-state index contributed by atoms with van der Waals surface area (Å²) in [7, 11) is 3.69. The Labute approximate surface area is 129 Å². The Hall–Kier alpha value is -2.34. The van der Waals surface area contributed by atoms with Gasteiger partial charge in [0.1, 0.15) is 5.75 Å². The summed E-state index contributed by atoms with van der Waals surface area (Å²) in [6.07, 6.45) is 0. The fraction of sp³-hybridized carbons (Fsp3) is 0.375. The van der Waals surface area contributed by atoms with Crippen LogP contribution in [0.2, 0.25) is 0 Å². The lowest BCUT2D eigenvalue weighted by molar-refractivity contribution is -0.120. The number of aromatic nitrogens is 2. The molecule has 0 saturated carbocycles. The van der Waals surface area contributed by atoms with Crippen molar-refractivity contribution in [1.29, 1.82) is 0 Å². The minimum absolute atomic E-state index is 0.0392. The van der Waals surface area contributed by atoms with Crippen molar-refractivity contribution in [1.82, 2.24) is 15.1 Å². The molecule has 2 heterocycles. The number of nitrogens with one attached hydrogen (secondary N) is 1. The first-order valence-electron chi connectivity index (χ1n) is 7.26. The highest BCUT2D eigenvalue weighted by atomic mass is 16.5. The van der Waals surface area contributed by atoms with E-state index in [0.717, 1.165) is 29.3 Å². The van der Waals surface area contributed by atoms with E-state index < -0.39 is 0 Å². The van der Waals surface area contributed by atoms with Crippen LogP contribution in [0.1, 0.15) is 17.0 Å². The lowest BCUT2D eigenvalue weighted by atomic mass is 10.2. The molecule has 0 saturated heterocycles. The molecule has 2 aromatic rings. The monoisotopic (exact) mass is 300 g/mol. The highest BCUT2D eigenvalue weighted by Crippen LogP contribution is 2.33. The number of anilines is 1. The number of hydrogen-bond acceptors (Lipinski definition) is 4. The minimum Gasteiger partial charge on any atom is -0.481 e. The van der Waals surface area contributed by atoms with Crippen molar-refractivity contribution in [3.05, 3.63) is 35.2 Å². The second-order valence-corrected chi connectivity index (χ2v) is 5.48. The molecule has 1 aliphatic heterocycles. The van der Waals surface area contributed by atoms with Gasteiger partial charge in [-0.3, -0.25) is 4.79 Å². The van der Waals surface area contributed by atoms with E-state index in [1.807, 2.05) is 36.9 Å². The van der Waals surface area contributed by atoms with Crippen LogP contribution in [0.15, 0.2) is 18.2 Å². The number of carbonyl (C=O) groups excluding carboxylic acids is 1. The summed E-state index contributed by atoms with van der Waals surface area (Å²) in [4.78, 5) is 13.3. The Bertz CT molecular complexity index is 736. The van der Waals surface area contributed by atoms with Crippen LogP contribution in [0, 0.1) is 13.8 Å². The highest BCUT2D eigenvalue weighted by molar-refractivity contribution is 5.97. The first-order chi connectivity index (χ1) is 10.5. The Kier molecular flexibility index (Phi) is 3.62. The molecule has 22 heavy (non-hydrogen) atoms. The second kappa shape index (κ2) is 5.46. The first kappa shape index (κ1) is 14.6. The minimum atomic E-state index is -0.0392.